The average molecular weight is 256 g/mol. The van der Waals surface area contributed by atoms with Gasteiger partial charge in [-0.05, 0) is 36.6 Å². The smallest absolute Gasteiger partial charge is 0.123 e. The Morgan fingerprint density at radius 1 is 1.21 bits per heavy atom. The van der Waals surface area contributed by atoms with Gasteiger partial charge in [0.1, 0.15) is 13.7 Å². The van der Waals surface area contributed by atoms with E-state index in [1.807, 2.05) is 52.0 Å². The first kappa shape index (κ1) is 15.5. The summed E-state index contributed by atoms with van der Waals surface area (Å²) in [5, 5.41) is 11.2. The van der Waals surface area contributed by atoms with Gasteiger partial charge in [-0.15, -0.1) is 0 Å². The van der Waals surface area contributed by atoms with Crippen LogP contribution in [0.2, 0.25) is 0 Å². The van der Waals surface area contributed by atoms with E-state index in [2.05, 4.69) is 4.98 Å². The van der Waals surface area contributed by atoms with Crippen molar-refractivity contribution >= 4 is 29.9 Å². The fourth-order valence-corrected chi connectivity index (χ4v) is 1.18. The molecule has 0 unspecified atom stereocenters. The zero-order valence-electron chi connectivity index (χ0n) is 12.0. The van der Waals surface area contributed by atoms with Crippen molar-refractivity contribution in [3.05, 3.63) is 30.5 Å². The number of hydrogen-bond donors (Lipinski definition) is 2. The molecule has 1 aromatic carbocycles. The molecule has 0 spiro atoms. The second-order valence-corrected chi connectivity index (χ2v) is 5.52. The summed E-state index contributed by atoms with van der Waals surface area (Å²) in [6.07, 6.45) is 1.72. The van der Waals surface area contributed by atoms with Gasteiger partial charge in [-0.3, -0.25) is 0 Å². The van der Waals surface area contributed by atoms with Gasteiger partial charge in [0.25, 0.3) is 0 Å². The molecule has 0 fully saturated rings. The van der Waals surface area contributed by atoms with Gasteiger partial charge in [0.05, 0.1) is 5.60 Å². The molecule has 2 radical (unpaired) electrons. The summed E-state index contributed by atoms with van der Waals surface area (Å²) >= 11 is 0. The highest BCUT2D eigenvalue weighted by molar-refractivity contribution is 6.33. The third kappa shape index (κ3) is 4.91. The third-order valence-corrected chi connectivity index (χ3v) is 3.18. The van der Waals surface area contributed by atoms with Crippen LogP contribution in [-0.2, 0) is 0 Å². The lowest BCUT2D eigenvalue weighted by atomic mass is 9.94. The Hall–Kier alpha value is -1.55. The molecule has 0 bridgehead atoms. The number of hydrogen-bond acceptors (Lipinski definition) is 3. The van der Waals surface area contributed by atoms with E-state index in [0.717, 1.165) is 16.2 Å². The largest absolute Gasteiger partial charge is 0.390 e. The molecule has 1 aromatic heterocycles. The van der Waals surface area contributed by atoms with Gasteiger partial charge in [-0.1, -0.05) is 37.5 Å². The zero-order valence-corrected chi connectivity index (χ0v) is 12.0. The van der Waals surface area contributed by atoms with Gasteiger partial charge in [-0.2, -0.15) is 0 Å². The van der Waals surface area contributed by atoms with Crippen LogP contribution in [0.15, 0.2) is 30.5 Å². The lowest BCUT2D eigenvalue weighted by Gasteiger charge is -2.21. The van der Waals surface area contributed by atoms with Crippen LogP contribution in [-0.4, -0.2) is 23.5 Å². The normalized spacial score (nSPS) is 11.3. The van der Waals surface area contributed by atoms with E-state index in [0.29, 0.717) is 11.7 Å². The Balaban J connectivity index is 0.000000224. The molecule has 4 heteroatoms. The van der Waals surface area contributed by atoms with Crippen molar-refractivity contribution in [2.24, 2.45) is 5.92 Å². The number of nitrogens with zero attached hydrogens (tertiary/aromatic N) is 1. The van der Waals surface area contributed by atoms with E-state index in [1.165, 1.54) is 0 Å². The number of nitrogen functional groups attached to an aromatic ring is 1. The highest BCUT2D eigenvalue weighted by Crippen LogP contribution is 2.13. The quantitative estimate of drug-likeness (QED) is 0.767. The van der Waals surface area contributed by atoms with E-state index in [4.69, 9.17) is 18.7 Å². The van der Waals surface area contributed by atoms with E-state index in [-0.39, 0.29) is 0 Å². The minimum atomic E-state index is -0.500. The molecule has 0 saturated carbocycles. The number of pyridine rings is 1. The summed E-state index contributed by atoms with van der Waals surface area (Å²) in [6, 6.07) is 7.49. The van der Waals surface area contributed by atoms with Gasteiger partial charge in [-0.25, -0.2) is 4.98 Å². The molecule has 100 valence electrons. The Morgan fingerprint density at radius 3 is 2.32 bits per heavy atom. The molecule has 3 N–H and O–H groups in total. The monoisotopic (exact) mass is 256 g/mol. The maximum atomic E-state index is 9.09. The number of benzene rings is 1. The molecule has 0 aliphatic heterocycles. The fourth-order valence-electron chi connectivity index (χ4n) is 1.18. The second-order valence-electron chi connectivity index (χ2n) is 5.52. The Labute approximate surface area is 116 Å². The van der Waals surface area contributed by atoms with Crippen LogP contribution in [0.3, 0.4) is 0 Å². The molecule has 0 aliphatic rings. The number of nitrogens with two attached hydrogens (primary N) is 1. The van der Waals surface area contributed by atoms with Gasteiger partial charge < -0.3 is 10.8 Å². The molecule has 0 aliphatic carbocycles. The van der Waals surface area contributed by atoms with Crippen molar-refractivity contribution in [1.82, 2.24) is 4.98 Å². The minimum Gasteiger partial charge on any atom is -0.390 e. The number of aliphatic hydroxyl groups is 1. The molecular weight excluding hydrogens is 235 g/mol. The Bertz CT molecular complexity index is 506. The summed E-state index contributed by atoms with van der Waals surface area (Å²) in [6.45, 7) is 7.63. The summed E-state index contributed by atoms with van der Waals surface area (Å²) in [7, 11) is 5.60. The average Bonchev–Trinajstić information content (AvgIpc) is 2.29. The lowest BCUT2D eigenvalue weighted by molar-refractivity contribution is 0.0327. The standard InChI is InChI=1S/C9H7BN2.C6H14O/c10-8-2-1-6-4-9(11)12-5-7(6)3-8;1-5(2)6(3,4)7/h1-5H,(H2,11,12);5,7H,1-4H3. The van der Waals surface area contributed by atoms with Crippen molar-refractivity contribution in [3.8, 4) is 0 Å². The first-order chi connectivity index (χ1) is 8.70. The SMILES string of the molecule is CC(C)C(C)(C)O.[B]c1ccc2cc(N)ncc2c1. The minimum absolute atomic E-state index is 0.354. The molecule has 2 aromatic rings. The molecule has 0 saturated heterocycles. The van der Waals surface area contributed by atoms with Crippen molar-refractivity contribution in [2.75, 3.05) is 5.73 Å². The zero-order chi connectivity index (χ0) is 14.6. The van der Waals surface area contributed by atoms with E-state index < -0.39 is 5.60 Å². The van der Waals surface area contributed by atoms with Crippen LogP contribution in [0.1, 0.15) is 27.7 Å². The van der Waals surface area contributed by atoms with Gasteiger partial charge >= 0.3 is 0 Å². The van der Waals surface area contributed by atoms with E-state index in [1.54, 1.807) is 6.20 Å². The van der Waals surface area contributed by atoms with Gasteiger partial charge in [0.2, 0.25) is 0 Å². The van der Waals surface area contributed by atoms with Crippen molar-refractivity contribution < 1.29 is 5.11 Å². The van der Waals surface area contributed by atoms with E-state index in [9.17, 15) is 0 Å². The highest BCUT2D eigenvalue weighted by atomic mass is 16.3. The summed E-state index contributed by atoms with van der Waals surface area (Å²) in [4.78, 5) is 3.97. The lowest BCUT2D eigenvalue weighted by Crippen LogP contribution is -2.25. The first-order valence-electron chi connectivity index (χ1n) is 6.33. The maximum absolute atomic E-state index is 9.09. The van der Waals surface area contributed by atoms with Gasteiger partial charge in [0, 0.05) is 6.20 Å². The molecule has 3 nitrogen and oxygen atoms in total. The number of anilines is 1. The van der Waals surface area contributed by atoms with Crippen LogP contribution in [0.5, 0.6) is 0 Å². The first-order valence-corrected chi connectivity index (χ1v) is 6.33. The Kier molecular flexibility index (Phi) is 4.95. The molecule has 0 amide bonds. The van der Waals surface area contributed by atoms with Gasteiger partial charge in [0.15, 0.2) is 0 Å². The summed E-state index contributed by atoms with van der Waals surface area (Å²) < 4.78 is 0. The van der Waals surface area contributed by atoms with E-state index >= 15 is 0 Å². The molecule has 19 heavy (non-hydrogen) atoms. The van der Waals surface area contributed by atoms with Crippen molar-refractivity contribution in [2.45, 2.75) is 33.3 Å². The topological polar surface area (TPSA) is 59.1 Å². The van der Waals surface area contributed by atoms with Crippen LogP contribution >= 0.6 is 0 Å². The van der Waals surface area contributed by atoms with Crippen molar-refractivity contribution in [3.63, 3.8) is 0 Å². The van der Waals surface area contributed by atoms with Crippen LogP contribution in [0.25, 0.3) is 10.8 Å². The number of aromatic nitrogens is 1. The third-order valence-electron chi connectivity index (χ3n) is 3.18. The predicted molar refractivity (Wildman–Crippen MR) is 82.7 cm³/mol. The molecule has 0 atom stereocenters. The number of rotatable bonds is 1. The fraction of sp³-hybridized carbons (Fsp3) is 0.400. The maximum Gasteiger partial charge on any atom is 0.123 e. The predicted octanol–water partition coefficient (Wildman–Crippen LogP) is 2.02. The summed E-state index contributed by atoms with van der Waals surface area (Å²) in [5.74, 6) is 0.889. The van der Waals surface area contributed by atoms with Crippen LogP contribution < -0.4 is 11.2 Å². The molecule has 1 heterocycles. The Morgan fingerprint density at radius 2 is 1.79 bits per heavy atom. The summed E-state index contributed by atoms with van der Waals surface area (Å²) in [5.41, 5.74) is 5.76. The van der Waals surface area contributed by atoms with Crippen LogP contribution in [0.4, 0.5) is 5.82 Å². The second kappa shape index (κ2) is 6.07. The molecular formula is C15H21BN2O. The highest BCUT2D eigenvalue weighted by Gasteiger charge is 2.16. The van der Waals surface area contributed by atoms with Crippen LogP contribution in [0, 0.1) is 5.92 Å². The van der Waals surface area contributed by atoms with Crippen molar-refractivity contribution in [1.29, 1.82) is 0 Å². The molecule has 2 rings (SSSR count). The number of fused-ring (bicyclic) bond motifs is 1.